The maximum absolute atomic E-state index is 13.6. The summed E-state index contributed by atoms with van der Waals surface area (Å²) in [5, 5.41) is 9.20. The minimum atomic E-state index is -1.00. The molecule has 124 valence electrons. The van der Waals surface area contributed by atoms with Gasteiger partial charge in [0.1, 0.15) is 5.82 Å². The lowest BCUT2D eigenvalue weighted by Gasteiger charge is -2.29. The number of aryl methyl sites for hydroxylation is 1. The number of benzene rings is 1. The van der Waals surface area contributed by atoms with Gasteiger partial charge in [0.25, 0.3) is 0 Å². The Bertz CT molecular complexity index is 792. The fourth-order valence-electron chi connectivity index (χ4n) is 2.99. The van der Waals surface area contributed by atoms with Crippen LogP contribution in [0.4, 0.5) is 4.39 Å². The molecule has 1 aliphatic rings. The number of hydrogen-bond acceptors (Lipinski definition) is 3. The molecule has 0 spiro atoms. The molecule has 24 heavy (non-hydrogen) atoms. The van der Waals surface area contributed by atoms with Crippen molar-refractivity contribution in [2.45, 2.75) is 25.8 Å². The summed E-state index contributed by atoms with van der Waals surface area (Å²) in [5.41, 5.74) is 2.24. The van der Waals surface area contributed by atoms with Crippen LogP contribution in [0, 0.1) is 5.82 Å². The molecule has 0 saturated carbocycles. The second-order valence-electron chi connectivity index (χ2n) is 5.79. The van der Waals surface area contributed by atoms with Gasteiger partial charge < -0.3 is 10.0 Å². The van der Waals surface area contributed by atoms with E-state index in [-0.39, 0.29) is 23.7 Å². The maximum atomic E-state index is 13.6. The Kier molecular flexibility index (Phi) is 4.55. The number of rotatable bonds is 4. The van der Waals surface area contributed by atoms with Crippen molar-refractivity contribution in [3.8, 4) is 0 Å². The van der Waals surface area contributed by atoms with E-state index >= 15 is 0 Å². The molecule has 3 rings (SSSR count). The third-order valence-electron chi connectivity index (χ3n) is 4.29. The lowest BCUT2D eigenvalue weighted by molar-refractivity contribution is -0.132. The van der Waals surface area contributed by atoms with Gasteiger partial charge in [-0.15, -0.1) is 0 Å². The number of nitrogens with zero attached hydrogens (tertiary/aromatic N) is 2. The van der Waals surface area contributed by atoms with Gasteiger partial charge in [0.2, 0.25) is 5.91 Å². The zero-order valence-corrected chi connectivity index (χ0v) is 13.0. The molecule has 1 aromatic carbocycles. The first-order valence-corrected chi connectivity index (χ1v) is 7.76. The van der Waals surface area contributed by atoms with Crippen LogP contribution in [-0.4, -0.2) is 33.4 Å². The molecule has 0 aliphatic carbocycles. The van der Waals surface area contributed by atoms with Crippen LogP contribution in [0.15, 0.2) is 36.7 Å². The van der Waals surface area contributed by atoms with Crippen molar-refractivity contribution >= 4 is 11.9 Å². The molecule has 0 radical (unpaired) electrons. The Hall–Kier alpha value is -2.76. The van der Waals surface area contributed by atoms with Crippen LogP contribution in [-0.2, 0) is 24.2 Å². The number of carbonyl (C=O) groups is 2. The van der Waals surface area contributed by atoms with Gasteiger partial charge in [-0.25, -0.2) is 9.18 Å². The third kappa shape index (κ3) is 3.27. The molecule has 6 heteroatoms. The molecular weight excluding hydrogens is 311 g/mol. The van der Waals surface area contributed by atoms with Crippen LogP contribution in [0.25, 0.3) is 0 Å². The molecule has 0 bridgehead atoms. The van der Waals surface area contributed by atoms with Crippen LogP contribution in [0.3, 0.4) is 0 Å². The fourth-order valence-corrected chi connectivity index (χ4v) is 2.99. The Balaban J connectivity index is 1.67. The summed E-state index contributed by atoms with van der Waals surface area (Å²) >= 11 is 0. The van der Waals surface area contributed by atoms with Crippen LogP contribution in [0.1, 0.15) is 33.5 Å². The summed E-state index contributed by atoms with van der Waals surface area (Å²) in [7, 11) is 0. The van der Waals surface area contributed by atoms with E-state index in [9.17, 15) is 19.1 Å². The highest BCUT2D eigenvalue weighted by molar-refractivity contribution is 5.89. The number of halogens is 1. The van der Waals surface area contributed by atoms with E-state index < -0.39 is 5.97 Å². The van der Waals surface area contributed by atoms with E-state index in [0.717, 1.165) is 11.1 Å². The SMILES string of the molecule is O=C(O)c1cncc2c1CCN(C(=O)CCc1ccccc1F)C2. The average Bonchev–Trinajstić information content (AvgIpc) is 2.59. The second-order valence-corrected chi connectivity index (χ2v) is 5.79. The highest BCUT2D eigenvalue weighted by Crippen LogP contribution is 2.22. The lowest BCUT2D eigenvalue weighted by atomic mass is 9.96. The van der Waals surface area contributed by atoms with Gasteiger partial charge in [-0.3, -0.25) is 9.78 Å². The molecule has 0 saturated heterocycles. The summed E-state index contributed by atoms with van der Waals surface area (Å²) in [5.74, 6) is -1.37. The van der Waals surface area contributed by atoms with Crippen molar-refractivity contribution in [2.75, 3.05) is 6.54 Å². The molecule has 0 atom stereocenters. The molecular formula is C18H17FN2O3. The normalized spacial score (nSPS) is 13.5. The maximum Gasteiger partial charge on any atom is 0.337 e. The summed E-state index contributed by atoms with van der Waals surface area (Å²) in [6.45, 7) is 0.812. The molecule has 5 nitrogen and oxygen atoms in total. The Morgan fingerprint density at radius 3 is 2.79 bits per heavy atom. The fraction of sp³-hybridized carbons (Fsp3) is 0.278. The highest BCUT2D eigenvalue weighted by atomic mass is 19.1. The molecule has 1 amide bonds. The zero-order valence-electron chi connectivity index (χ0n) is 13.0. The number of aromatic nitrogens is 1. The summed E-state index contributed by atoms with van der Waals surface area (Å²) in [4.78, 5) is 29.2. The van der Waals surface area contributed by atoms with Crippen molar-refractivity contribution < 1.29 is 19.1 Å². The van der Waals surface area contributed by atoms with Crippen molar-refractivity contribution in [2.24, 2.45) is 0 Å². The first-order valence-electron chi connectivity index (χ1n) is 7.76. The Morgan fingerprint density at radius 1 is 1.25 bits per heavy atom. The Labute approximate surface area is 138 Å². The van der Waals surface area contributed by atoms with Gasteiger partial charge in [-0.05, 0) is 35.6 Å². The summed E-state index contributed by atoms with van der Waals surface area (Å²) < 4.78 is 13.6. The largest absolute Gasteiger partial charge is 0.478 e. The lowest BCUT2D eigenvalue weighted by Crippen LogP contribution is -2.36. The minimum absolute atomic E-state index is 0.0652. The Morgan fingerprint density at radius 2 is 2.04 bits per heavy atom. The molecule has 0 unspecified atom stereocenters. The molecule has 1 aliphatic heterocycles. The van der Waals surface area contributed by atoms with E-state index in [1.165, 1.54) is 12.3 Å². The van der Waals surface area contributed by atoms with E-state index in [1.807, 2.05) is 0 Å². The van der Waals surface area contributed by atoms with E-state index in [2.05, 4.69) is 4.98 Å². The molecule has 2 heterocycles. The molecule has 1 aromatic heterocycles. The number of carboxylic acids is 1. The first-order chi connectivity index (χ1) is 11.6. The van der Waals surface area contributed by atoms with Crippen molar-refractivity contribution in [1.29, 1.82) is 0 Å². The molecule has 1 N–H and O–H groups in total. The van der Waals surface area contributed by atoms with Crippen LogP contribution < -0.4 is 0 Å². The topological polar surface area (TPSA) is 70.5 Å². The minimum Gasteiger partial charge on any atom is -0.478 e. The standard InChI is InChI=1S/C18H17FN2O3/c19-16-4-2-1-3-12(16)5-6-17(22)21-8-7-14-13(11-21)9-20-10-15(14)18(23)24/h1-4,9-10H,5-8,11H2,(H,23,24). The quantitative estimate of drug-likeness (QED) is 0.936. The predicted molar refractivity (Wildman–Crippen MR) is 85.0 cm³/mol. The smallest absolute Gasteiger partial charge is 0.337 e. The third-order valence-corrected chi connectivity index (χ3v) is 4.29. The van der Waals surface area contributed by atoms with Crippen LogP contribution >= 0.6 is 0 Å². The number of carboxylic acid groups (broad SMARTS) is 1. The molecule has 0 fully saturated rings. The monoisotopic (exact) mass is 328 g/mol. The number of pyridine rings is 1. The van der Waals surface area contributed by atoms with Gasteiger partial charge >= 0.3 is 5.97 Å². The summed E-state index contributed by atoms with van der Waals surface area (Å²) in [6, 6.07) is 6.43. The van der Waals surface area contributed by atoms with Crippen molar-refractivity contribution in [3.63, 3.8) is 0 Å². The number of amides is 1. The average molecular weight is 328 g/mol. The van der Waals surface area contributed by atoms with Gasteiger partial charge in [0, 0.05) is 31.9 Å². The predicted octanol–water partition coefficient (Wildman–Crippen LogP) is 2.44. The van der Waals surface area contributed by atoms with Gasteiger partial charge in [0.05, 0.1) is 5.56 Å². The van der Waals surface area contributed by atoms with Gasteiger partial charge in [0.15, 0.2) is 0 Å². The van der Waals surface area contributed by atoms with Crippen molar-refractivity contribution in [1.82, 2.24) is 9.88 Å². The number of hydrogen-bond donors (Lipinski definition) is 1. The first kappa shape index (κ1) is 16.1. The number of carbonyl (C=O) groups excluding carboxylic acids is 1. The molecule has 2 aromatic rings. The van der Waals surface area contributed by atoms with E-state index in [0.29, 0.717) is 31.5 Å². The van der Waals surface area contributed by atoms with Crippen molar-refractivity contribution in [3.05, 3.63) is 64.7 Å². The van der Waals surface area contributed by atoms with Crippen LogP contribution in [0.2, 0.25) is 0 Å². The van der Waals surface area contributed by atoms with E-state index in [1.54, 1.807) is 29.3 Å². The second kappa shape index (κ2) is 6.78. The highest BCUT2D eigenvalue weighted by Gasteiger charge is 2.24. The van der Waals surface area contributed by atoms with Crippen LogP contribution in [0.5, 0.6) is 0 Å². The number of fused-ring (bicyclic) bond motifs is 1. The number of aromatic carboxylic acids is 1. The van der Waals surface area contributed by atoms with E-state index in [4.69, 9.17) is 0 Å². The van der Waals surface area contributed by atoms with Gasteiger partial charge in [-0.1, -0.05) is 18.2 Å². The zero-order chi connectivity index (χ0) is 17.1. The van der Waals surface area contributed by atoms with Gasteiger partial charge in [-0.2, -0.15) is 0 Å². The summed E-state index contributed by atoms with van der Waals surface area (Å²) in [6.07, 6.45) is 4.02.